The molecule has 6 heteroatoms. The molecule has 21 heavy (non-hydrogen) atoms. The van der Waals surface area contributed by atoms with Gasteiger partial charge in [-0.3, -0.25) is 0 Å². The maximum absolute atomic E-state index is 6.32. The molecule has 0 bridgehead atoms. The summed E-state index contributed by atoms with van der Waals surface area (Å²) in [6.07, 6.45) is 0. The van der Waals surface area contributed by atoms with Crippen molar-refractivity contribution in [1.82, 2.24) is 9.97 Å². The van der Waals surface area contributed by atoms with E-state index in [-0.39, 0.29) is 5.15 Å². The van der Waals surface area contributed by atoms with E-state index in [0.717, 1.165) is 5.56 Å². The van der Waals surface area contributed by atoms with E-state index in [1.807, 2.05) is 25.1 Å². The first kappa shape index (κ1) is 14.9. The average Bonchev–Trinajstić information content (AvgIpc) is 2.45. The molecule has 1 heterocycles. The minimum Gasteiger partial charge on any atom is -0.226 e. The Kier molecular flexibility index (Phi) is 3.98. The van der Waals surface area contributed by atoms with Crippen molar-refractivity contribution in [3.8, 4) is 11.4 Å². The fourth-order valence-electron chi connectivity index (χ4n) is 2.07. The Morgan fingerprint density at radius 1 is 0.857 bits per heavy atom. The summed E-state index contributed by atoms with van der Waals surface area (Å²) >= 11 is 24.9. The van der Waals surface area contributed by atoms with Crippen LogP contribution in [0.3, 0.4) is 0 Å². The van der Waals surface area contributed by atoms with Gasteiger partial charge in [0.25, 0.3) is 0 Å². The zero-order valence-corrected chi connectivity index (χ0v) is 13.8. The van der Waals surface area contributed by atoms with Crippen LogP contribution in [0.2, 0.25) is 20.2 Å². The van der Waals surface area contributed by atoms with Crippen molar-refractivity contribution in [3.05, 3.63) is 56.1 Å². The summed E-state index contributed by atoms with van der Waals surface area (Å²) in [4.78, 5) is 8.77. The predicted octanol–water partition coefficient (Wildman–Crippen LogP) is 6.22. The van der Waals surface area contributed by atoms with Crippen molar-refractivity contribution in [1.29, 1.82) is 0 Å². The summed E-state index contributed by atoms with van der Waals surface area (Å²) in [5.74, 6) is 0.422. The van der Waals surface area contributed by atoms with Crippen molar-refractivity contribution in [3.63, 3.8) is 0 Å². The lowest BCUT2D eigenvalue weighted by molar-refractivity contribution is 1.22. The summed E-state index contributed by atoms with van der Waals surface area (Å²) < 4.78 is 0. The van der Waals surface area contributed by atoms with Gasteiger partial charge in [0.2, 0.25) is 0 Å². The van der Waals surface area contributed by atoms with Crippen molar-refractivity contribution in [2.45, 2.75) is 6.92 Å². The van der Waals surface area contributed by atoms with Gasteiger partial charge in [-0.15, -0.1) is 0 Å². The first-order valence-electron chi connectivity index (χ1n) is 6.06. The molecule has 0 amide bonds. The molecule has 3 rings (SSSR count). The average molecular weight is 358 g/mol. The Hall–Kier alpha value is -1.06. The normalized spacial score (nSPS) is 11.1. The van der Waals surface area contributed by atoms with Gasteiger partial charge >= 0.3 is 0 Å². The zero-order chi connectivity index (χ0) is 15.1. The maximum Gasteiger partial charge on any atom is 0.163 e. The van der Waals surface area contributed by atoms with Gasteiger partial charge in [0, 0.05) is 5.56 Å². The van der Waals surface area contributed by atoms with E-state index in [9.17, 15) is 0 Å². The lowest BCUT2D eigenvalue weighted by Gasteiger charge is -2.09. The van der Waals surface area contributed by atoms with Gasteiger partial charge in [-0.25, -0.2) is 9.97 Å². The Morgan fingerprint density at radius 2 is 1.57 bits per heavy atom. The van der Waals surface area contributed by atoms with E-state index in [1.54, 1.807) is 12.1 Å². The largest absolute Gasteiger partial charge is 0.226 e. The highest BCUT2D eigenvalue weighted by molar-refractivity contribution is 6.44. The molecule has 2 nitrogen and oxygen atoms in total. The van der Waals surface area contributed by atoms with E-state index in [2.05, 4.69) is 9.97 Å². The Balaban J connectivity index is 2.36. The van der Waals surface area contributed by atoms with Crippen LogP contribution in [-0.2, 0) is 0 Å². The second-order valence-electron chi connectivity index (χ2n) is 4.53. The van der Waals surface area contributed by atoms with E-state index in [4.69, 9.17) is 46.4 Å². The Morgan fingerprint density at radius 3 is 2.33 bits per heavy atom. The highest BCUT2D eigenvalue weighted by Gasteiger charge is 2.15. The number of nitrogens with zero attached hydrogens (tertiary/aromatic N) is 2. The predicted molar refractivity (Wildman–Crippen MR) is 89.8 cm³/mol. The molecule has 0 saturated carbocycles. The van der Waals surface area contributed by atoms with Crippen LogP contribution in [-0.4, -0.2) is 9.97 Å². The fourth-order valence-corrected chi connectivity index (χ4v) is 3.04. The number of aromatic nitrogens is 2. The maximum atomic E-state index is 6.32. The van der Waals surface area contributed by atoms with Gasteiger partial charge in [0.05, 0.1) is 26.0 Å². The van der Waals surface area contributed by atoms with Crippen LogP contribution >= 0.6 is 46.4 Å². The van der Waals surface area contributed by atoms with Crippen molar-refractivity contribution >= 4 is 57.3 Å². The third kappa shape index (κ3) is 2.58. The van der Waals surface area contributed by atoms with Gasteiger partial charge in [-0.05, 0) is 30.7 Å². The monoisotopic (exact) mass is 356 g/mol. The van der Waals surface area contributed by atoms with Crippen molar-refractivity contribution < 1.29 is 0 Å². The number of hydrogen-bond acceptors (Lipinski definition) is 2. The minimum atomic E-state index is 0.250. The molecule has 2 aromatic carbocycles. The Bertz CT molecular complexity index is 862. The van der Waals surface area contributed by atoms with Gasteiger partial charge in [0.15, 0.2) is 5.82 Å². The molecule has 1 aromatic heterocycles. The highest BCUT2D eigenvalue weighted by Crippen LogP contribution is 2.36. The number of aryl methyl sites for hydroxylation is 1. The Labute approximate surface area is 141 Å². The minimum absolute atomic E-state index is 0.250. The summed E-state index contributed by atoms with van der Waals surface area (Å²) in [5, 5.41) is 2.30. The van der Waals surface area contributed by atoms with Crippen LogP contribution in [0, 0.1) is 6.92 Å². The quantitative estimate of drug-likeness (QED) is 0.483. The highest BCUT2D eigenvalue weighted by atomic mass is 35.5. The molecule has 3 aromatic rings. The van der Waals surface area contributed by atoms with Crippen LogP contribution in [0.25, 0.3) is 22.3 Å². The van der Waals surface area contributed by atoms with E-state index >= 15 is 0 Å². The van der Waals surface area contributed by atoms with Crippen LogP contribution in [0.1, 0.15) is 5.56 Å². The molecule has 0 aliphatic carbocycles. The molecule has 0 fully saturated rings. The van der Waals surface area contributed by atoms with Crippen molar-refractivity contribution in [2.24, 2.45) is 0 Å². The van der Waals surface area contributed by atoms with E-state index in [0.29, 0.717) is 37.4 Å². The standard InChI is InChI=1S/C15H8Cl4N2/c1-7-3-2-4-8(12(7)18)15-20-13-10(17)6-5-9(16)11(13)14(19)21-15/h2-6H,1H3. The van der Waals surface area contributed by atoms with Crippen LogP contribution in [0.15, 0.2) is 30.3 Å². The molecular formula is C15H8Cl4N2. The van der Waals surface area contributed by atoms with Gasteiger partial charge in [-0.1, -0.05) is 58.5 Å². The van der Waals surface area contributed by atoms with Crippen LogP contribution < -0.4 is 0 Å². The molecule has 0 spiro atoms. The molecular weight excluding hydrogens is 350 g/mol. The van der Waals surface area contributed by atoms with Crippen LogP contribution in [0.5, 0.6) is 0 Å². The molecule has 106 valence electrons. The smallest absolute Gasteiger partial charge is 0.163 e. The first-order chi connectivity index (χ1) is 9.99. The second-order valence-corrected chi connectivity index (χ2v) is 6.08. The molecule has 0 aliphatic heterocycles. The third-order valence-electron chi connectivity index (χ3n) is 3.14. The lowest BCUT2D eigenvalue weighted by atomic mass is 10.1. The van der Waals surface area contributed by atoms with Crippen molar-refractivity contribution in [2.75, 3.05) is 0 Å². The molecule has 0 saturated heterocycles. The van der Waals surface area contributed by atoms with E-state index in [1.165, 1.54) is 0 Å². The molecule has 0 unspecified atom stereocenters. The number of fused-ring (bicyclic) bond motifs is 1. The van der Waals surface area contributed by atoms with E-state index < -0.39 is 0 Å². The SMILES string of the molecule is Cc1cccc(-c2nc(Cl)c3c(Cl)ccc(Cl)c3n2)c1Cl. The number of hydrogen-bond donors (Lipinski definition) is 0. The summed E-state index contributed by atoms with van der Waals surface area (Å²) in [7, 11) is 0. The second kappa shape index (κ2) is 5.62. The fraction of sp³-hybridized carbons (Fsp3) is 0.0667. The summed E-state index contributed by atoms with van der Waals surface area (Å²) in [6, 6.07) is 8.99. The number of benzene rings is 2. The summed E-state index contributed by atoms with van der Waals surface area (Å²) in [6.45, 7) is 1.92. The first-order valence-corrected chi connectivity index (χ1v) is 7.57. The molecule has 0 N–H and O–H groups in total. The van der Waals surface area contributed by atoms with Gasteiger partial charge in [0.1, 0.15) is 5.15 Å². The molecule has 0 aliphatic rings. The third-order valence-corrected chi connectivity index (χ3v) is 4.53. The molecule has 0 radical (unpaired) electrons. The van der Waals surface area contributed by atoms with Crippen LogP contribution in [0.4, 0.5) is 0 Å². The van der Waals surface area contributed by atoms with Gasteiger partial charge < -0.3 is 0 Å². The number of halogens is 4. The summed E-state index contributed by atoms with van der Waals surface area (Å²) in [5.41, 5.74) is 2.15. The number of rotatable bonds is 1. The topological polar surface area (TPSA) is 25.8 Å². The lowest BCUT2D eigenvalue weighted by Crippen LogP contribution is -1.94. The van der Waals surface area contributed by atoms with Gasteiger partial charge in [-0.2, -0.15) is 0 Å². The zero-order valence-electron chi connectivity index (χ0n) is 10.8. The molecule has 0 atom stereocenters.